The van der Waals surface area contributed by atoms with E-state index in [-0.39, 0.29) is 11.9 Å². The summed E-state index contributed by atoms with van der Waals surface area (Å²) in [5.74, 6) is 0.428. The lowest BCUT2D eigenvalue weighted by molar-refractivity contribution is 0.0950. The van der Waals surface area contributed by atoms with Crippen LogP contribution >= 0.6 is 0 Å². The molecule has 4 aromatic rings. The highest BCUT2D eigenvalue weighted by atomic mass is 16.5. The van der Waals surface area contributed by atoms with Gasteiger partial charge < -0.3 is 20.7 Å². The lowest BCUT2D eigenvalue weighted by Gasteiger charge is -2.11. The largest absolute Gasteiger partial charge is 0.489 e. The van der Waals surface area contributed by atoms with Crippen molar-refractivity contribution in [1.82, 2.24) is 15.6 Å². The van der Waals surface area contributed by atoms with E-state index in [0.717, 1.165) is 16.7 Å². The van der Waals surface area contributed by atoms with Crippen LogP contribution in [-0.2, 0) is 19.7 Å². The van der Waals surface area contributed by atoms with Gasteiger partial charge in [-0.15, -0.1) is 0 Å². The summed E-state index contributed by atoms with van der Waals surface area (Å²) in [7, 11) is 0. The number of ether oxygens (including phenoxy) is 1. The summed E-state index contributed by atoms with van der Waals surface area (Å²) in [6.07, 6.45) is 3.36. The van der Waals surface area contributed by atoms with Crippen molar-refractivity contribution >= 4 is 17.6 Å². The molecule has 1 heterocycles. The van der Waals surface area contributed by atoms with E-state index in [4.69, 9.17) is 4.74 Å². The molecule has 0 saturated carbocycles. The topological polar surface area (TPSA) is 92.4 Å². The molecule has 0 radical (unpaired) electrons. The molecule has 7 nitrogen and oxygen atoms in total. The average molecular weight is 481 g/mol. The van der Waals surface area contributed by atoms with Crippen molar-refractivity contribution in [2.45, 2.75) is 26.6 Å². The molecule has 0 aliphatic rings. The van der Waals surface area contributed by atoms with E-state index < -0.39 is 0 Å². The maximum Gasteiger partial charge on any atom is 0.319 e. The normalized spacial score (nSPS) is 10.4. The van der Waals surface area contributed by atoms with Gasteiger partial charge in [-0.2, -0.15) is 0 Å². The molecule has 1 aromatic heterocycles. The van der Waals surface area contributed by atoms with Crippen molar-refractivity contribution in [2.24, 2.45) is 0 Å². The number of carbonyl (C=O) groups is 2. The van der Waals surface area contributed by atoms with Crippen LogP contribution in [0.25, 0.3) is 0 Å². The number of amides is 3. The van der Waals surface area contributed by atoms with Crippen LogP contribution in [-0.4, -0.2) is 16.9 Å². The molecule has 0 aliphatic heterocycles. The summed E-state index contributed by atoms with van der Waals surface area (Å²) in [6, 6.07) is 26.0. The molecule has 0 fully saturated rings. The third kappa shape index (κ3) is 7.43. The van der Waals surface area contributed by atoms with Gasteiger partial charge in [-0.1, -0.05) is 48.0 Å². The summed E-state index contributed by atoms with van der Waals surface area (Å²) < 4.78 is 5.87. The molecule has 7 heteroatoms. The van der Waals surface area contributed by atoms with Gasteiger partial charge in [-0.25, -0.2) is 4.79 Å². The predicted octanol–water partition coefficient (Wildman–Crippen LogP) is 5.22. The highest BCUT2D eigenvalue weighted by molar-refractivity contribution is 5.94. The Morgan fingerprint density at radius 1 is 0.778 bits per heavy atom. The number of nitrogens with zero attached hydrogens (tertiary/aromatic N) is 1. The zero-order valence-electron chi connectivity index (χ0n) is 20.0. The van der Waals surface area contributed by atoms with Gasteiger partial charge in [0.15, 0.2) is 0 Å². The van der Waals surface area contributed by atoms with Crippen molar-refractivity contribution in [1.29, 1.82) is 0 Å². The summed E-state index contributed by atoms with van der Waals surface area (Å²) in [4.78, 5) is 28.9. The van der Waals surface area contributed by atoms with Crippen molar-refractivity contribution in [3.8, 4) is 5.75 Å². The van der Waals surface area contributed by atoms with Gasteiger partial charge in [0.25, 0.3) is 5.91 Å². The van der Waals surface area contributed by atoms with Gasteiger partial charge in [0, 0.05) is 36.7 Å². The van der Waals surface area contributed by atoms with Gasteiger partial charge in [0.1, 0.15) is 12.4 Å². The first-order chi connectivity index (χ1) is 17.5. The molecule has 0 atom stereocenters. The predicted molar refractivity (Wildman–Crippen MR) is 140 cm³/mol. The van der Waals surface area contributed by atoms with E-state index in [1.54, 1.807) is 36.7 Å². The fourth-order valence-electron chi connectivity index (χ4n) is 3.60. The molecule has 36 heavy (non-hydrogen) atoms. The van der Waals surface area contributed by atoms with Crippen LogP contribution in [0.5, 0.6) is 5.75 Å². The Morgan fingerprint density at radius 2 is 1.53 bits per heavy atom. The van der Waals surface area contributed by atoms with Crippen LogP contribution in [0, 0.1) is 6.92 Å². The molecule has 3 N–H and O–H groups in total. The zero-order chi connectivity index (χ0) is 25.2. The second-order valence-corrected chi connectivity index (χ2v) is 8.35. The van der Waals surface area contributed by atoms with Crippen LogP contribution < -0.4 is 20.7 Å². The molecule has 3 aromatic carbocycles. The van der Waals surface area contributed by atoms with Crippen LogP contribution in [0.15, 0.2) is 97.3 Å². The summed E-state index contributed by atoms with van der Waals surface area (Å²) in [6.45, 7) is 3.20. The maximum atomic E-state index is 12.7. The van der Waals surface area contributed by atoms with Crippen molar-refractivity contribution in [3.05, 3.63) is 125 Å². The molecule has 0 saturated heterocycles. The van der Waals surface area contributed by atoms with Gasteiger partial charge >= 0.3 is 6.03 Å². The Labute approximate surface area is 210 Å². The van der Waals surface area contributed by atoms with E-state index in [9.17, 15) is 9.59 Å². The molecule has 0 spiro atoms. The third-order valence-corrected chi connectivity index (χ3v) is 5.42. The molecular weight excluding hydrogens is 452 g/mol. The highest BCUT2D eigenvalue weighted by Crippen LogP contribution is 2.16. The van der Waals surface area contributed by atoms with Crippen LogP contribution in [0.1, 0.15) is 32.6 Å². The van der Waals surface area contributed by atoms with Crippen LogP contribution in [0.2, 0.25) is 0 Å². The average Bonchev–Trinajstić information content (AvgIpc) is 2.90. The van der Waals surface area contributed by atoms with Gasteiger partial charge in [-0.05, 0) is 66.1 Å². The number of nitrogens with one attached hydrogen (secondary N) is 3. The van der Waals surface area contributed by atoms with Crippen molar-refractivity contribution in [3.63, 3.8) is 0 Å². The second-order valence-electron chi connectivity index (χ2n) is 8.35. The molecule has 4 rings (SSSR count). The minimum Gasteiger partial charge on any atom is -0.489 e. The van der Waals surface area contributed by atoms with Crippen molar-refractivity contribution < 1.29 is 14.3 Å². The number of benzene rings is 3. The number of hydrogen-bond acceptors (Lipinski definition) is 4. The first-order valence-electron chi connectivity index (χ1n) is 11.6. The zero-order valence-corrected chi connectivity index (χ0v) is 20.0. The lowest BCUT2D eigenvalue weighted by atomic mass is 10.1. The van der Waals surface area contributed by atoms with Gasteiger partial charge in [-0.3, -0.25) is 9.78 Å². The van der Waals surface area contributed by atoms with Gasteiger partial charge in [0.05, 0.1) is 0 Å². The molecule has 0 bridgehead atoms. The fourth-order valence-corrected chi connectivity index (χ4v) is 3.60. The maximum absolute atomic E-state index is 12.7. The van der Waals surface area contributed by atoms with E-state index in [0.29, 0.717) is 36.7 Å². The SMILES string of the molecule is Cc1cccc(COc2cccc(C(=O)NCc3cccc(NC(=O)NCc4ccncc4)c3)c2)c1. The van der Waals surface area contributed by atoms with E-state index >= 15 is 0 Å². The standard InChI is InChI=1S/C29H28N4O3/c1-21-5-2-7-24(15-21)20-36-27-10-4-8-25(17-27)28(34)31-19-23-6-3-9-26(16-23)33-29(35)32-18-22-11-13-30-14-12-22/h2-17H,18-20H2,1H3,(H,31,34)(H2,32,33,35). The smallest absolute Gasteiger partial charge is 0.319 e. The first kappa shape index (κ1) is 24.5. The Bertz CT molecular complexity index is 1320. The minimum atomic E-state index is -0.310. The molecule has 3 amide bonds. The fraction of sp³-hybridized carbons (Fsp3) is 0.138. The quantitative estimate of drug-likeness (QED) is 0.306. The third-order valence-electron chi connectivity index (χ3n) is 5.42. The van der Waals surface area contributed by atoms with E-state index in [1.165, 1.54) is 5.56 Å². The summed E-state index contributed by atoms with van der Waals surface area (Å²) >= 11 is 0. The summed E-state index contributed by atoms with van der Waals surface area (Å²) in [5, 5.41) is 8.55. The van der Waals surface area contributed by atoms with Gasteiger partial charge in [0.2, 0.25) is 0 Å². The van der Waals surface area contributed by atoms with Crippen LogP contribution in [0.4, 0.5) is 10.5 Å². The first-order valence-corrected chi connectivity index (χ1v) is 11.6. The molecular formula is C29H28N4O3. The lowest BCUT2D eigenvalue weighted by Crippen LogP contribution is -2.28. The number of aromatic nitrogens is 1. The Balaban J connectivity index is 1.27. The summed E-state index contributed by atoms with van der Waals surface area (Å²) in [5.41, 5.74) is 5.23. The van der Waals surface area contributed by atoms with E-state index in [1.807, 2.05) is 61.5 Å². The molecule has 0 aliphatic carbocycles. The Hall–Kier alpha value is -4.65. The minimum absolute atomic E-state index is 0.204. The monoisotopic (exact) mass is 480 g/mol. The molecule has 182 valence electrons. The number of carbonyl (C=O) groups excluding carboxylic acids is 2. The second kappa shape index (κ2) is 12.2. The number of anilines is 1. The number of rotatable bonds is 9. The number of hydrogen-bond donors (Lipinski definition) is 3. The van der Waals surface area contributed by atoms with E-state index in [2.05, 4.69) is 27.0 Å². The molecule has 0 unspecified atom stereocenters. The highest BCUT2D eigenvalue weighted by Gasteiger charge is 2.08. The van der Waals surface area contributed by atoms with Crippen molar-refractivity contribution in [2.75, 3.05) is 5.32 Å². The Morgan fingerprint density at radius 3 is 2.36 bits per heavy atom. The van der Waals surface area contributed by atoms with Crippen LogP contribution in [0.3, 0.4) is 0 Å². The number of pyridine rings is 1. The Kier molecular flexibility index (Phi) is 8.27. The number of aryl methyl sites for hydroxylation is 1. The number of urea groups is 1.